The van der Waals surface area contributed by atoms with Crippen molar-refractivity contribution >= 4 is 5.97 Å². The lowest BCUT2D eigenvalue weighted by atomic mass is 10.1. The first-order chi connectivity index (χ1) is 8.04. The van der Waals surface area contributed by atoms with E-state index in [1.165, 1.54) is 0 Å². The molecule has 1 rings (SSSR count). The fraction of sp³-hybridized carbons (Fsp3) is 0.462. The summed E-state index contributed by atoms with van der Waals surface area (Å²) in [6.45, 7) is 6.28. The maximum Gasteiger partial charge on any atom is 0.328 e. The minimum absolute atomic E-state index is 0.0604. The van der Waals surface area contributed by atoms with Crippen molar-refractivity contribution in [2.75, 3.05) is 6.61 Å². The van der Waals surface area contributed by atoms with Crippen molar-refractivity contribution in [1.82, 2.24) is 0 Å². The SMILES string of the molecule is CCOc1ccc(OC(=O)C(N)C(C)C)cc1. The van der Waals surface area contributed by atoms with Gasteiger partial charge in [-0.15, -0.1) is 0 Å². The fourth-order valence-electron chi connectivity index (χ4n) is 1.23. The summed E-state index contributed by atoms with van der Waals surface area (Å²) in [5.41, 5.74) is 5.69. The third-order valence-corrected chi connectivity index (χ3v) is 2.34. The molecule has 0 heterocycles. The number of nitrogens with two attached hydrogens (primary N) is 1. The summed E-state index contributed by atoms with van der Waals surface area (Å²) in [6, 6.07) is 6.30. The summed E-state index contributed by atoms with van der Waals surface area (Å²) in [5, 5.41) is 0. The second-order valence-electron chi connectivity index (χ2n) is 4.10. The molecule has 1 aromatic carbocycles. The maximum absolute atomic E-state index is 11.6. The molecule has 0 aromatic heterocycles. The molecule has 0 aliphatic carbocycles. The van der Waals surface area contributed by atoms with Crippen LogP contribution in [0.5, 0.6) is 11.5 Å². The molecule has 0 aliphatic rings. The Kier molecular flexibility index (Phi) is 4.97. The van der Waals surface area contributed by atoms with Gasteiger partial charge in [-0.05, 0) is 37.1 Å². The van der Waals surface area contributed by atoms with Gasteiger partial charge in [0.25, 0.3) is 0 Å². The van der Waals surface area contributed by atoms with E-state index >= 15 is 0 Å². The summed E-state index contributed by atoms with van der Waals surface area (Å²) in [5.74, 6) is 0.879. The number of carbonyl (C=O) groups excluding carboxylic acids is 1. The Morgan fingerprint density at radius 1 is 1.24 bits per heavy atom. The minimum atomic E-state index is -0.596. The zero-order valence-corrected chi connectivity index (χ0v) is 10.5. The number of ether oxygens (including phenoxy) is 2. The average molecular weight is 237 g/mol. The third kappa shape index (κ3) is 4.07. The summed E-state index contributed by atoms with van der Waals surface area (Å²) in [6.07, 6.45) is 0. The average Bonchev–Trinajstić information content (AvgIpc) is 2.30. The Morgan fingerprint density at radius 2 is 1.76 bits per heavy atom. The van der Waals surface area contributed by atoms with E-state index in [0.717, 1.165) is 5.75 Å². The maximum atomic E-state index is 11.6. The van der Waals surface area contributed by atoms with E-state index in [1.807, 2.05) is 20.8 Å². The van der Waals surface area contributed by atoms with Gasteiger partial charge in [0.2, 0.25) is 0 Å². The molecule has 4 heteroatoms. The van der Waals surface area contributed by atoms with E-state index in [1.54, 1.807) is 24.3 Å². The van der Waals surface area contributed by atoms with E-state index in [9.17, 15) is 4.79 Å². The molecular formula is C13H19NO3. The number of carbonyl (C=O) groups is 1. The standard InChI is InChI=1S/C13H19NO3/c1-4-16-10-5-7-11(8-6-10)17-13(15)12(14)9(2)3/h5-9,12H,4,14H2,1-3H3. The van der Waals surface area contributed by atoms with Crippen LogP contribution in [0.15, 0.2) is 24.3 Å². The zero-order valence-electron chi connectivity index (χ0n) is 10.5. The van der Waals surface area contributed by atoms with Crippen molar-refractivity contribution in [1.29, 1.82) is 0 Å². The van der Waals surface area contributed by atoms with Crippen LogP contribution in [0.3, 0.4) is 0 Å². The summed E-state index contributed by atoms with van der Waals surface area (Å²) < 4.78 is 10.4. The molecule has 1 aromatic rings. The van der Waals surface area contributed by atoms with Crippen LogP contribution in [0.1, 0.15) is 20.8 Å². The van der Waals surface area contributed by atoms with Crippen LogP contribution in [-0.4, -0.2) is 18.6 Å². The van der Waals surface area contributed by atoms with Gasteiger partial charge in [-0.3, -0.25) is 0 Å². The molecule has 1 unspecified atom stereocenters. The van der Waals surface area contributed by atoms with Crippen LogP contribution >= 0.6 is 0 Å². The van der Waals surface area contributed by atoms with Gasteiger partial charge in [-0.1, -0.05) is 13.8 Å². The highest BCUT2D eigenvalue weighted by Crippen LogP contribution is 2.18. The molecular weight excluding hydrogens is 218 g/mol. The van der Waals surface area contributed by atoms with E-state index in [-0.39, 0.29) is 5.92 Å². The van der Waals surface area contributed by atoms with Gasteiger partial charge in [-0.25, -0.2) is 4.79 Å². The molecule has 0 fully saturated rings. The normalized spacial score (nSPS) is 12.3. The first kappa shape index (κ1) is 13.5. The Hall–Kier alpha value is -1.55. The highest BCUT2D eigenvalue weighted by molar-refractivity contribution is 5.78. The number of hydrogen-bond donors (Lipinski definition) is 1. The molecule has 0 spiro atoms. The smallest absolute Gasteiger partial charge is 0.328 e. The lowest BCUT2D eigenvalue weighted by Crippen LogP contribution is -2.38. The van der Waals surface area contributed by atoms with Gasteiger partial charge in [0.05, 0.1) is 6.61 Å². The minimum Gasteiger partial charge on any atom is -0.494 e. The van der Waals surface area contributed by atoms with E-state index in [2.05, 4.69) is 0 Å². The zero-order chi connectivity index (χ0) is 12.8. The van der Waals surface area contributed by atoms with Gasteiger partial charge < -0.3 is 15.2 Å². The molecule has 4 nitrogen and oxygen atoms in total. The van der Waals surface area contributed by atoms with Gasteiger partial charge in [-0.2, -0.15) is 0 Å². The molecule has 0 bridgehead atoms. The van der Waals surface area contributed by atoms with Crippen LogP contribution in [-0.2, 0) is 4.79 Å². The van der Waals surface area contributed by atoms with Gasteiger partial charge >= 0.3 is 5.97 Å². The molecule has 0 amide bonds. The highest BCUT2D eigenvalue weighted by atomic mass is 16.5. The largest absolute Gasteiger partial charge is 0.494 e. The number of rotatable bonds is 5. The molecule has 94 valence electrons. The lowest BCUT2D eigenvalue weighted by molar-refractivity contribution is -0.136. The van der Waals surface area contributed by atoms with E-state index in [0.29, 0.717) is 12.4 Å². The van der Waals surface area contributed by atoms with Gasteiger partial charge in [0.15, 0.2) is 0 Å². The Labute approximate surface area is 102 Å². The number of benzene rings is 1. The van der Waals surface area contributed by atoms with E-state index < -0.39 is 12.0 Å². The van der Waals surface area contributed by atoms with Crippen LogP contribution in [0.25, 0.3) is 0 Å². The quantitative estimate of drug-likeness (QED) is 0.628. The van der Waals surface area contributed by atoms with Crippen molar-refractivity contribution in [2.45, 2.75) is 26.8 Å². The van der Waals surface area contributed by atoms with Crippen LogP contribution < -0.4 is 15.2 Å². The van der Waals surface area contributed by atoms with Crippen molar-refractivity contribution in [3.63, 3.8) is 0 Å². The van der Waals surface area contributed by atoms with Crippen molar-refractivity contribution in [3.05, 3.63) is 24.3 Å². The van der Waals surface area contributed by atoms with Crippen LogP contribution in [0.2, 0.25) is 0 Å². The predicted octanol–water partition coefficient (Wildman–Crippen LogP) is 1.97. The molecule has 0 saturated carbocycles. The molecule has 0 saturated heterocycles. The number of esters is 1. The van der Waals surface area contributed by atoms with E-state index in [4.69, 9.17) is 15.2 Å². The van der Waals surface area contributed by atoms with Gasteiger partial charge in [0, 0.05) is 0 Å². The molecule has 0 radical (unpaired) electrons. The predicted molar refractivity (Wildman–Crippen MR) is 66.1 cm³/mol. The van der Waals surface area contributed by atoms with Crippen molar-refractivity contribution in [2.24, 2.45) is 11.7 Å². The third-order valence-electron chi connectivity index (χ3n) is 2.34. The first-order valence-corrected chi connectivity index (χ1v) is 5.74. The van der Waals surface area contributed by atoms with Crippen LogP contribution in [0, 0.1) is 5.92 Å². The van der Waals surface area contributed by atoms with Crippen molar-refractivity contribution in [3.8, 4) is 11.5 Å². The highest BCUT2D eigenvalue weighted by Gasteiger charge is 2.19. The second kappa shape index (κ2) is 6.25. The summed E-state index contributed by atoms with van der Waals surface area (Å²) >= 11 is 0. The number of hydrogen-bond acceptors (Lipinski definition) is 4. The van der Waals surface area contributed by atoms with Crippen LogP contribution in [0.4, 0.5) is 0 Å². The summed E-state index contributed by atoms with van der Waals surface area (Å²) in [7, 11) is 0. The topological polar surface area (TPSA) is 61.5 Å². The Morgan fingerprint density at radius 3 is 2.24 bits per heavy atom. The molecule has 2 N–H and O–H groups in total. The van der Waals surface area contributed by atoms with Crippen molar-refractivity contribution < 1.29 is 14.3 Å². The lowest BCUT2D eigenvalue weighted by Gasteiger charge is -2.14. The van der Waals surface area contributed by atoms with Gasteiger partial charge in [0.1, 0.15) is 17.5 Å². The Bertz CT molecular complexity index is 359. The fourth-order valence-corrected chi connectivity index (χ4v) is 1.23. The molecule has 0 aliphatic heterocycles. The summed E-state index contributed by atoms with van der Waals surface area (Å²) in [4.78, 5) is 11.6. The molecule has 1 atom stereocenters. The second-order valence-corrected chi connectivity index (χ2v) is 4.10. The monoisotopic (exact) mass is 237 g/mol. The first-order valence-electron chi connectivity index (χ1n) is 5.74. The molecule has 17 heavy (non-hydrogen) atoms. The Balaban J connectivity index is 2.60.